The number of carbonyl (C=O) groups is 1. The minimum absolute atomic E-state index is 0.123. The van der Waals surface area contributed by atoms with Crippen molar-refractivity contribution in [1.29, 1.82) is 0 Å². The summed E-state index contributed by atoms with van der Waals surface area (Å²) in [7, 11) is 1.63. The molecular formula is C16H17NO4. The maximum atomic E-state index is 10.5. The molecule has 2 N–H and O–H groups in total. The molecule has 0 atom stereocenters. The number of aliphatic carboxylic acids is 1. The van der Waals surface area contributed by atoms with Crippen molar-refractivity contribution in [2.45, 2.75) is 6.61 Å². The number of carboxylic acid groups (broad SMARTS) is 1. The number of hydrogen-bond acceptors (Lipinski definition) is 4. The normalized spacial score (nSPS) is 9.95. The van der Waals surface area contributed by atoms with Crippen molar-refractivity contribution in [1.82, 2.24) is 0 Å². The van der Waals surface area contributed by atoms with E-state index in [9.17, 15) is 4.79 Å². The monoisotopic (exact) mass is 287 g/mol. The summed E-state index contributed by atoms with van der Waals surface area (Å²) in [6.07, 6.45) is 0. The van der Waals surface area contributed by atoms with E-state index in [1.807, 2.05) is 36.4 Å². The third kappa shape index (κ3) is 4.72. The number of ether oxygens (including phenoxy) is 2. The zero-order valence-corrected chi connectivity index (χ0v) is 11.7. The Morgan fingerprint density at radius 2 is 1.90 bits per heavy atom. The van der Waals surface area contributed by atoms with Gasteiger partial charge in [-0.3, -0.25) is 4.79 Å². The van der Waals surface area contributed by atoms with Crippen molar-refractivity contribution in [3.63, 3.8) is 0 Å². The summed E-state index contributed by atoms with van der Waals surface area (Å²) in [5.74, 6) is 0.583. The maximum Gasteiger partial charge on any atom is 0.322 e. The molecule has 2 rings (SSSR count). The Balaban J connectivity index is 1.92. The third-order valence-corrected chi connectivity index (χ3v) is 2.84. The Kier molecular flexibility index (Phi) is 5.04. The molecule has 0 radical (unpaired) electrons. The van der Waals surface area contributed by atoms with Gasteiger partial charge in [0.1, 0.15) is 24.7 Å². The Hall–Kier alpha value is -2.69. The van der Waals surface area contributed by atoms with E-state index in [2.05, 4.69) is 5.32 Å². The van der Waals surface area contributed by atoms with E-state index in [1.54, 1.807) is 19.2 Å². The van der Waals surface area contributed by atoms with E-state index < -0.39 is 5.97 Å². The lowest BCUT2D eigenvalue weighted by atomic mass is 10.2. The van der Waals surface area contributed by atoms with Gasteiger partial charge in [-0.1, -0.05) is 18.2 Å². The molecule has 21 heavy (non-hydrogen) atoms. The van der Waals surface area contributed by atoms with Crippen LogP contribution in [0.15, 0.2) is 48.5 Å². The Morgan fingerprint density at radius 1 is 1.14 bits per heavy atom. The van der Waals surface area contributed by atoms with Crippen molar-refractivity contribution >= 4 is 11.7 Å². The summed E-state index contributed by atoms with van der Waals surface area (Å²) >= 11 is 0. The van der Waals surface area contributed by atoms with Gasteiger partial charge in [-0.2, -0.15) is 0 Å². The summed E-state index contributed by atoms with van der Waals surface area (Å²) in [5.41, 5.74) is 1.74. The van der Waals surface area contributed by atoms with Gasteiger partial charge in [-0.25, -0.2) is 0 Å². The van der Waals surface area contributed by atoms with Crippen LogP contribution in [0, 0.1) is 0 Å². The van der Waals surface area contributed by atoms with Gasteiger partial charge in [-0.05, 0) is 29.8 Å². The summed E-state index contributed by atoms with van der Waals surface area (Å²) in [4.78, 5) is 10.5. The van der Waals surface area contributed by atoms with E-state index in [4.69, 9.17) is 14.6 Å². The lowest BCUT2D eigenvalue weighted by Crippen LogP contribution is -2.12. The van der Waals surface area contributed by atoms with E-state index in [0.717, 1.165) is 11.3 Å². The number of hydrogen-bond donors (Lipinski definition) is 2. The second-order valence-corrected chi connectivity index (χ2v) is 4.41. The van der Waals surface area contributed by atoms with E-state index >= 15 is 0 Å². The van der Waals surface area contributed by atoms with Gasteiger partial charge in [0.05, 0.1) is 7.11 Å². The molecule has 0 spiro atoms. The van der Waals surface area contributed by atoms with Crippen LogP contribution in [-0.2, 0) is 11.4 Å². The molecule has 2 aromatic rings. The van der Waals surface area contributed by atoms with Gasteiger partial charge in [0.15, 0.2) is 0 Å². The van der Waals surface area contributed by atoms with Gasteiger partial charge in [0.25, 0.3) is 0 Å². The van der Waals surface area contributed by atoms with Crippen molar-refractivity contribution in [3.05, 3.63) is 54.1 Å². The molecule has 0 saturated heterocycles. The summed E-state index contributed by atoms with van der Waals surface area (Å²) in [6, 6.07) is 14.8. The van der Waals surface area contributed by atoms with Gasteiger partial charge in [0, 0.05) is 11.8 Å². The first-order valence-corrected chi connectivity index (χ1v) is 6.49. The molecule has 0 aliphatic heterocycles. The molecule has 0 heterocycles. The van der Waals surface area contributed by atoms with Crippen LogP contribution >= 0.6 is 0 Å². The van der Waals surface area contributed by atoms with Gasteiger partial charge < -0.3 is 19.9 Å². The Bertz CT molecular complexity index is 595. The summed E-state index contributed by atoms with van der Waals surface area (Å²) in [6.45, 7) is 0.314. The Morgan fingerprint density at radius 3 is 2.57 bits per heavy atom. The molecule has 0 saturated carbocycles. The number of carboxylic acids is 1. The predicted molar refractivity (Wildman–Crippen MR) is 79.9 cm³/mol. The molecule has 0 bridgehead atoms. The van der Waals surface area contributed by atoms with E-state index in [-0.39, 0.29) is 6.54 Å². The minimum Gasteiger partial charge on any atom is -0.497 e. The lowest BCUT2D eigenvalue weighted by Gasteiger charge is -2.09. The van der Waals surface area contributed by atoms with Gasteiger partial charge in [-0.15, -0.1) is 0 Å². The van der Waals surface area contributed by atoms with E-state index in [0.29, 0.717) is 18.0 Å². The molecule has 0 fully saturated rings. The Labute approximate surface area is 123 Å². The van der Waals surface area contributed by atoms with Crippen molar-refractivity contribution in [2.24, 2.45) is 0 Å². The van der Waals surface area contributed by atoms with E-state index in [1.165, 1.54) is 0 Å². The van der Waals surface area contributed by atoms with Crippen LogP contribution in [0.2, 0.25) is 0 Å². The number of benzene rings is 2. The highest BCUT2D eigenvalue weighted by Gasteiger charge is 2.00. The molecule has 0 aliphatic carbocycles. The zero-order valence-electron chi connectivity index (χ0n) is 11.7. The first kappa shape index (κ1) is 14.7. The molecule has 5 nitrogen and oxygen atoms in total. The average Bonchev–Trinajstić information content (AvgIpc) is 2.52. The summed E-state index contributed by atoms with van der Waals surface area (Å²) < 4.78 is 10.8. The largest absolute Gasteiger partial charge is 0.497 e. The smallest absolute Gasteiger partial charge is 0.322 e. The third-order valence-electron chi connectivity index (χ3n) is 2.84. The molecule has 0 aliphatic rings. The van der Waals surface area contributed by atoms with Crippen molar-refractivity contribution in [3.8, 4) is 11.5 Å². The predicted octanol–water partition coefficient (Wildman–Crippen LogP) is 2.77. The lowest BCUT2D eigenvalue weighted by molar-refractivity contribution is -0.134. The second kappa shape index (κ2) is 7.19. The van der Waals surface area contributed by atoms with Crippen molar-refractivity contribution < 1.29 is 19.4 Å². The fraction of sp³-hybridized carbons (Fsp3) is 0.188. The minimum atomic E-state index is -0.903. The number of methoxy groups -OCH3 is 1. The molecule has 2 aromatic carbocycles. The zero-order chi connectivity index (χ0) is 15.1. The highest BCUT2D eigenvalue weighted by Crippen LogP contribution is 2.19. The molecule has 0 unspecified atom stereocenters. The molecular weight excluding hydrogens is 270 g/mol. The van der Waals surface area contributed by atoms with Crippen LogP contribution in [0.4, 0.5) is 5.69 Å². The maximum absolute atomic E-state index is 10.5. The van der Waals surface area contributed by atoms with Crippen LogP contribution in [-0.4, -0.2) is 24.7 Å². The standard InChI is InChI=1S/C16H17NO4/c1-20-14-7-5-12(6-8-14)11-21-15-4-2-3-13(9-15)17-10-16(18)19/h2-9,17H,10-11H2,1H3,(H,18,19). The van der Waals surface area contributed by atoms with Gasteiger partial charge >= 0.3 is 5.97 Å². The van der Waals surface area contributed by atoms with Crippen LogP contribution < -0.4 is 14.8 Å². The highest BCUT2D eigenvalue weighted by molar-refractivity contribution is 5.72. The fourth-order valence-electron chi connectivity index (χ4n) is 1.76. The molecule has 110 valence electrons. The first-order valence-electron chi connectivity index (χ1n) is 6.49. The first-order chi connectivity index (χ1) is 10.2. The number of nitrogens with one attached hydrogen (secondary N) is 1. The van der Waals surface area contributed by atoms with Gasteiger partial charge in [0.2, 0.25) is 0 Å². The molecule has 5 heteroatoms. The highest BCUT2D eigenvalue weighted by atomic mass is 16.5. The molecule has 0 aromatic heterocycles. The second-order valence-electron chi connectivity index (χ2n) is 4.41. The SMILES string of the molecule is COc1ccc(COc2cccc(NCC(=O)O)c2)cc1. The fourth-order valence-corrected chi connectivity index (χ4v) is 1.76. The molecule has 0 amide bonds. The quantitative estimate of drug-likeness (QED) is 0.819. The van der Waals surface area contributed by atoms with Crippen molar-refractivity contribution in [2.75, 3.05) is 19.0 Å². The van der Waals surface area contributed by atoms with Crippen LogP contribution in [0.1, 0.15) is 5.56 Å². The topological polar surface area (TPSA) is 67.8 Å². The average molecular weight is 287 g/mol. The number of rotatable bonds is 7. The van der Waals surface area contributed by atoms with Crippen LogP contribution in [0.5, 0.6) is 11.5 Å². The summed E-state index contributed by atoms with van der Waals surface area (Å²) in [5, 5.41) is 11.4. The van der Waals surface area contributed by atoms with Crippen LogP contribution in [0.3, 0.4) is 0 Å². The number of anilines is 1. The van der Waals surface area contributed by atoms with Crippen LogP contribution in [0.25, 0.3) is 0 Å².